The number of aryl methyl sites for hydroxylation is 1. The number of sulfonamides is 1. The zero-order chi connectivity index (χ0) is 13.2. The third-order valence-electron chi connectivity index (χ3n) is 3.45. The second kappa shape index (κ2) is 6.70. The number of piperidine rings is 1. The van der Waals surface area contributed by atoms with E-state index in [9.17, 15) is 8.42 Å². The maximum atomic E-state index is 12.5. The van der Waals surface area contributed by atoms with Crippen molar-refractivity contribution >= 4 is 22.4 Å². The van der Waals surface area contributed by atoms with Gasteiger partial charge in [-0.3, -0.25) is 0 Å². The number of rotatable bonds is 3. The van der Waals surface area contributed by atoms with E-state index in [0.29, 0.717) is 18.0 Å². The van der Waals surface area contributed by atoms with Gasteiger partial charge in [-0.05, 0) is 38.9 Å². The van der Waals surface area contributed by atoms with Gasteiger partial charge in [-0.15, -0.1) is 12.4 Å². The summed E-state index contributed by atoms with van der Waals surface area (Å²) in [5, 5.41) is 3.16. The zero-order valence-electron chi connectivity index (χ0n) is 11.3. The maximum absolute atomic E-state index is 12.5. The largest absolute Gasteiger partial charge is 0.316 e. The van der Waals surface area contributed by atoms with Gasteiger partial charge in [0.1, 0.15) is 0 Å². The summed E-state index contributed by atoms with van der Waals surface area (Å²) in [6.07, 6.45) is 1.95. The average Bonchev–Trinajstić information content (AvgIpc) is 2.39. The molecule has 108 valence electrons. The van der Waals surface area contributed by atoms with Crippen LogP contribution in [0.4, 0.5) is 0 Å². The van der Waals surface area contributed by atoms with E-state index >= 15 is 0 Å². The molecule has 6 heteroatoms. The van der Waals surface area contributed by atoms with E-state index in [2.05, 4.69) is 5.32 Å². The standard InChI is InChI=1S/C13H20N2O2S.ClH/c1-11-5-7-13(8-6-11)18(16,17)15-9-3-4-12(10-15)14-2;/h5-8,12,14H,3-4,9-10H2,1-2H3;1H. The van der Waals surface area contributed by atoms with Crippen LogP contribution in [0.15, 0.2) is 29.2 Å². The first-order chi connectivity index (χ1) is 8.54. The van der Waals surface area contributed by atoms with Crippen LogP contribution in [-0.2, 0) is 10.0 Å². The molecule has 19 heavy (non-hydrogen) atoms. The molecular weight excluding hydrogens is 284 g/mol. The Labute approximate surface area is 121 Å². The highest BCUT2D eigenvalue weighted by Crippen LogP contribution is 2.20. The SMILES string of the molecule is CNC1CCCN(S(=O)(=O)c2ccc(C)cc2)C1.Cl. The van der Waals surface area contributed by atoms with Crippen molar-refractivity contribution in [3.05, 3.63) is 29.8 Å². The van der Waals surface area contributed by atoms with Gasteiger partial charge in [-0.2, -0.15) is 4.31 Å². The molecule has 1 aromatic carbocycles. The van der Waals surface area contributed by atoms with E-state index in [0.717, 1.165) is 18.4 Å². The molecule has 1 N–H and O–H groups in total. The Morgan fingerprint density at radius 1 is 1.26 bits per heavy atom. The molecule has 0 spiro atoms. The number of halogens is 1. The molecular formula is C13H21ClN2O2S. The summed E-state index contributed by atoms with van der Waals surface area (Å²) >= 11 is 0. The predicted octanol–water partition coefficient (Wildman–Crippen LogP) is 1.79. The number of nitrogens with zero attached hydrogens (tertiary/aromatic N) is 1. The van der Waals surface area contributed by atoms with E-state index < -0.39 is 10.0 Å². The number of benzene rings is 1. The number of hydrogen-bond donors (Lipinski definition) is 1. The summed E-state index contributed by atoms with van der Waals surface area (Å²) in [6.45, 7) is 3.13. The minimum atomic E-state index is -3.33. The minimum Gasteiger partial charge on any atom is -0.316 e. The summed E-state index contributed by atoms with van der Waals surface area (Å²) in [5.74, 6) is 0. The highest BCUT2D eigenvalue weighted by Gasteiger charge is 2.29. The van der Waals surface area contributed by atoms with E-state index in [4.69, 9.17) is 0 Å². The molecule has 1 saturated heterocycles. The molecule has 1 aliphatic rings. The van der Waals surface area contributed by atoms with Crippen LogP contribution >= 0.6 is 12.4 Å². The van der Waals surface area contributed by atoms with Gasteiger partial charge in [-0.25, -0.2) is 8.42 Å². The summed E-state index contributed by atoms with van der Waals surface area (Å²) in [5.41, 5.74) is 1.07. The first-order valence-corrected chi connectivity index (χ1v) is 7.72. The minimum absolute atomic E-state index is 0. The van der Waals surface area contributed by atoms with Crippen LogP contribution in [0.1, 0.15) is 18.4 Å². The topological polar surface area (TPSA) is 49.4 Å². The normalized spacial score (nSPS) is 20.8. The van der Waals surface area contributed by atoms with Gasteiger partial charge >= 0.3 is 0 Å². The third kappa shape index (κ3) is 3.69. The van der Waals surface area contributed by atoms with Crippen molar-refractivity contribution in [2.45, 2.75) is 30.7 Å². The fourth-order valence-electron chi connectivity index (χ4n) is 2.26. The highest BCUT2D eigenvalue weighted by molar-refractivity contribution is 7.89. The van der Waals surface area contributed by atoms with Gasteiger partial charge < -0.3 is 5.32 Å². The Hall–Kier alpha value is -0.620. The second-order valence-corrected chi connectivity index (χ2v) is 6.74. The molecule has 0 amide bonds. The Kier molecular flexibility index (Phi) is 5.80. The molecule has 1 atom stereocenters. The Morgan fingerprint density at radius 2 is 1.89 bits per heavy atom. The highest BCUT2D eigenvalue weighted by atomic mass is 35.5. The van der Waals surface area contributed by atoms with Crippen molar-refractivity contribution < 1.29 is 8.42 Å². The van der Waals surface area contributed by atoms with Gasteiger partial charge in [-0.1, -0.05) is 17.7 Å². The van der Waals surface area contributed by atoms with E-state index in [1.807, 2.05) is 26.1 Å². The number of nitrogens with one attached hydrogen (secondary N) is 1. The lowest BCUT2D eigenvalue weighted by Crippen LogP contribution is -2.46. The van der Waals surface area contributed by atoms with Crippen molar-refractivity contribution in [3.8, 4) is 0 Å². The van der Waals surface area contributed by atoms with Crippen LogP contribution in [-0.4, -0.2) is 38.9 Å². The lowest BCUT2D eigenvalue weighted by atomic mass is 10.1. The maximum Gasteiger partial charge on any atom is 0.243 e. The van der Waals surface area contributed by atoms with Crippen molar-refractivity contribution in [1.82, 2.24) is 9.62 Å². The Balaban J connectivity index is 0.00000180. The predicted molar refractivity (Wildman–Crippen MR) is 79.3 cm³/mol. The van der Waals surface area contributed by atoms with Gasteiger partial charge in [0, 0.05) is 19.1 Å². The molecule has 1 heterocycles. The summed E-state index contributed by atoms with van der Waals surface area (Å²) in [6, 6.07) is 7.32. The molecule has 0 aromatic heterocycles. The summed E-state index contributed by atoms with van der Waals surface area (Å²) in [7, 11) is -1.45. The molecule has 1 unspecified atom stereocenters. The van der Waals surface area contributed by atoms with Crippen molar-refractivity contribution in [2.75, 3.05) is 20.1 Å². The molecule has 2 rings (SSSR count). The van der Waals surface area contributed by atoms with Crippen LogP contribution in [0, 0.1) is 6.92 Å². The lowest BCUT2D eigenvalue weighted by molar-refractivity contribution is 0.293. The van der Waals surface area contributed by atoms with Gasteiger partial charge in [0.05, 0.1) is 4.90 Å². The fraction of sp³-hybridized carbons (Fsp3) is 0.538. The van der Waals surface area contributed by atoms with E-state index in [-0.39, 0.29) is 18.4 Å². The van der Waals surface area contributed by atoms with Gasteiger partial charge in [0.25, 0.3) is 0 Å². The number of hydrogen-bond acceptors (Lipinski definition) is 3. The zero-order valence-corrected chi connectivity index (χ0v) is 12.9. The van der Waals surface area contributed by atoms with Crippen LogP contribution in [0.25, 0.3) is 0 Å². The van der Waals surface area contributed by atoms with Crippen molar-refractivity contribution in [3.63, 3.8) is 0 Å². The Morgan fingerprint density at radius 3 is 2.47 bits per heavy atom. The molecule has 1 fully saturated rings. The van der Waals surface area contributed by atoms with Crippen LogP contribution in [0.5, 0.6) is 0 Å². The second-order valence-electron chi connectivity index (χ2n) is 4.80. The third-order valence-corrected chi connectivity index (χ3v) is 5.33. The monoisotopic (exact) mass is 304 g/mol. The Bertz CT molecular complexity index is 502. The number of likely N-dealkylation sites (N-methyl/N-ethyl adjacent to an activating group) is 1. The molecule has 0 saturated carbocycles. The fourth-order valence-corrected chi connectivity index (χ4v) is 3.78. The lowest BCUT2D eigenvalue weighted by Gasteiger charge is -2.31. The van der Waals surface area contributed by atoms with E-state index in [1.165, 1.54) is 0 Å². The molecule has 0 radical (unpaired) electrons. The van der Waals surface area contributed by atoms with Gasteiger partial charge in [0.2, 0.25) is 10.0 Å². The van der Waals surface area contributed by atoms with Crippen LogP contribution in [0.2, 0.25) is 0 Å². The molecule has 4 nitrogen and oxygen atoms in total. The molecule has 1 aromatic rings. The smallest absolute Gasteiger partial charge is 0.243 e. The first kappa shape index (κ1) is 16.4. The molecule has 1 aliphatic heterocycles. The van der Waals surface area contributed by atoms with Gasteiger partial charge in [0.15, 0.2) is 0 Å². The van der Waals surface area contributed by atoms with Crippen molar-refractivity contribution in [1.29, 1.82) is 0 Å². The average molecular weight is 305 g/mol. The summed E-state index contributed by atoms with van der Waals surface area (Å²) < 4.78 is 26.5. The quantitative estimate of drug-likeness (QED) is 0.926. The van der Waals surface area contributed by atoms with Crippen molar-refractivity contribution in [2.24, 2.45) is 0 Å². The van der Waals surface area contributed by atoms with Crippen LogP contribution in [0.3, 0.4) is 0 Å². The summed E-state index contributed by atoms with van der Waals surface area (Å²) in [4.78, 5) is 0.393. The van der Waals surface area contributed by atoms with E-state index in [1.54, 1.807) is 16.4 Å². The first-order valence-electron chi connectivity index (χ1n) is 6.28. The molecule has 0 aliphatic carbocycles. The van der Waals surface area contributed by atoms with Crippen LogP contribution < -0.4 is 5.32 Å². The molecule has 0 bridgehead atoms.